The summed E-state index contributed by atoms with van der Waals surface area (Å²) in [6.07, 6.45) is 5.34. The molecular formula is C21H28N4O4. The number of rotatable bonds is 8. The third-order valence-corrected chi connectivity index (χ3v) is 5.42. The van der Waals surface area contributed by atoms with E-state index in [1.807, 2.05) is 29.2 Å². The van der Waals surface area contributed by atoms with E-state index in [0.717, 1.165) is 37.2 Å². The van der Waals surface area contributed by atoms with Gasteiger partial charge in [0.2, 0.25) is 0 Å². The highest BCUT2D eigenvalue weighted by molar-refractivity contribution is 5.74. The molecular weight excluding hydrogens is 372 g/mol. The number of aromatic nitrogens is 2. The Balaban J connectivity index is 1.33. The minimum absolute atomic E-state index is 0.109. The topological polar surface area (TPSA) is 89.7 Å². The van der Waals surface area contributed by atoms with Crippen LogP contribution in [0.5, 0.6) is 5.75 Å². The molecule has 1 saturated heterocycles. The van der Waals surface area contributed by atoms with E-state index in [2.05, 4.69) is 15.5 Å². The van der Waals surface area contributed by atoms with E-state index in [0.29, 0.717) is 37.3 Å². The molecule has 1 N–H and O–H groups in total. The van der Waals surface area contributed by atoms with Crippen molar-refractivity contribution in [2.24, 2.45) is 5.92 Å². The van der Waals surface area contributed by atoms with E-state index in [1.165, 1.54) is 12.8 Å². The van der Waals surface area contributed by atoms with E-state index in [1.54, 1.807) is 7.11 Å². The second-order valence-electron chi connectivity index (χ2n) is 7.72. The molecule has 1 aliphatic carbocycles. The highest BCUT2D eigenvalue weighted by atomic mass is 16.5. The van der Waals surface area contributed by atoms with Gasteiger partial charge in [0.25, 0.3) is 5.89 Å². The summed E-state index contributed by atoms with van der Waals surface area (Å²) in [6, 6.07) is 7.39. The van der Waals surface area contributed by atoms with E-state index in [9.17, 15) is 4.79 Å². The summed E-state index contributed by atoms with van der Waals surface area (Å²) >= 11 is 0. The van der Waals surface area contributed by atoms with E-state index < -0.39 is 0 Å². The number of benzene rings is 1. The Morgan fingerprint density at radius 2 is 2.07 bits per heavy atom. The lowest BCUT2D eigenvalue weighted by Gasteiger charge is -2.33. The van der Waals surface area contributed by atoms with Crippen LogP contribution in [-0.4, -0.2) is 41.3 Å². The lowest BCUT2D eigenvalue weighted by Crippen LogP contribution is -2.44. The molecule has 4 rings (SSSR count). The van der Waals surface area contributed by atoms with Gasteiger partial charge >= 0.3 is 6.03 Å². The van der Waals surface area contributed by atoms with Crippen LogP contribution in [0, 0.1) is 5.92 Å². The fraction of sp³-hybridized carbons (Fsp3) is 0.571. The van der Waals surface area contributed by atoms with Crippen LogP contribution in [0.15, 0.2) is 28.8 Å². The Morgan fingerprint density at radius 3 is 2.83 bits per heavy atom. The number of amides is 2. The summed E-state index contributed by atoms with van der Waals surface area (Å²) in [6.45, 7) is 2.22. The average molecular weight is 400 g/mol. The molecule has 1 saturated carbocycles. The fourth-order valence-corrected chi connectivity index (χ4v) is 3.53. The fourth-order valence-electron chi connectivity index (χ4n) is 3.53. The first-order valence-corrected chi connectivity index (χ1v) is 10.3. The van der Waals surface area contributed by atoms with Crippen molar-refractivity contribution in [3.05, 3.63) is 41.5 Å². The zero-order valence-electron chi connectivity index (χ0n) is 16.8. The lowest BCUT2D eigenvalue weighted by atomic mass is 10.0. The van der Waals surface area contributed by atoms with Crippen LogP contribution in [0.2, 0.25) is 0 Å². The molecule has 2 heterocycles. The molecule has 29 heavy (non-hydrogen) atoms. The maximum absolute atomic E-state index is 12.8. The molecule has 8 heteroatoms. The second-order valence-corrected chi connectivity index (χ2v) is 7.72. The van der Waals surface area contributed by atoms with Crippen molar-refractivity contribution in [2.75, 3.05) is 20.3 Å². The Bertz CT molecular complexity index is 803. The summed E-state index contributed by atoms with van der Waals surface area (Å²) in [4.78, 5) is 19.1. The van der Waals surface area contributed by atoms with Gasteiger partial charge in [-0.2, -0.15) is 4.98 Å². The standard InChI is InChI=1S/C21H28N4O4/c1-27-17-9-7-15(8-10-17)12-22-21(26)25-11-3-2-4-18(25)20-23-19(29-24-20)14-28-13-16-5-6-16/h7-10,16,18H,2-6,11-14H2,1H3,(H,22,26). The number of carbonyl (C=O) groups is 1. The molecule has 2 aliphatic rings. The first-order chi connectivity index (χ1) is 14.2. The first kappa shape index (κ1) is 19.7. The van der Waals surface area contributed by atoms with Crippen LogP contribution in [0.4, 0.5) is 4.79 Å². The van der Waals surface area contributed by atoms with Crippen molar-refractivity contribution in [3.8, 4) is 5.75 Å². The number of urea groups is 1. The molecule has 1 unspecified atom stereocenters. The van der Waals surface area contributed by atoms with Gasteiger partial charge in [-0.1, -0.05) is 17.3 Å². The molecule has 1 aliphatic heterocycles. The maximum Gasteiger partial charge on any atom is 0.318 e. The molecule has 1 atom stereocenters. The number of piperidine rings is 1. The van der Waals surface area contributed by atoms with E-state index >= 15 is 0 Å². The van der Waals surface area contributed by atoms with Crippen molar-refractivity contribution < 1.29 is 18.8 Å². The van der Waals surface area contributed by atoms with Crippen LogP contribution in [0.1, 0.15) is 55.4 Å². The summed E-state index contributed by atoms with van der Waals surface area (Å²) in [5.41, 5.74) is 1.02. The molecule has 2 fully saturated rings. The van der Waals surface area contributed by atoms with Gasteiger partial charge in [-0.05, 0) is 55.7 Å². The maximum atomic E-state index is 12.8. The van der Waals surface area contributed by atoms with Crippen LogP contribution in [0.3, 0.4) is 0 Å². The van der Waals surface area contributed by atoms with Crippen molar-refractivity contribution in [1.29, 1.82) is 0 Å². The summed E-state index contributed by atoms with van der Waals surface area (Å²) in [5, 5.41) is 7.12. The van der Waals surface area contributed by atoms with Gasteiger partial charge < -0.3 is 24.2 Å². The number of carbonyl (C=O) groups excluding carboxylic acids is 1. The molecule has 1 aromatic carbocycles. The van der Waals surface area contributed by atoms with Crippen LogP contribution >= 0.6 is 0 Å². The van der Waals surface area contributed by atoms with E-state index in [4.69, 9.17) is 14.0 Å². The number of ether oxygens (including phenoxy) is 2. The molecule has 0 spiro atoms. The van der Waals surface area contributed by atoms with Crippen molar-refractivity contribution in [3.63, 3.8) is 0 Å². The lowest BCUT2D eigenvalue weighted by molar-refractivity contribution is 0.0893. The smallest absolute Gasteiger partial charge is 0.318 e. The van der Waals surface area contributed by atoms with Crippen molar-refractivity contribution in [2.45, 2.75) is 51.3 Å². The Kier molecular flexibility index (Phi) is 6.29. The number of likely N-dealkylation sites (tertiary alicyclic amines) is 1. The minimum Gasteiger partial charge on any atom is -0.497 e. The van der Waals surface area contributed by atoms with Crippen LogP contribution < -0.4 is 10.1 Å². The first-order valence-electron chi connectivity index (χ1n) is 10.3. The monoisotopic (exact) mass is 400 g/mol. The third kappa shape index (κ3) is 5.26. The molecule has 0 radical (unpaired) electrons. The molecule has 8 nitrogen and oxygen atoms in total. The second kappa shape index (κ2) is 9.26. The number of nitrogens with one attached hydrogen (secondary N) is 1. The molecule has 2 aromatic rings. The van der Waals surface area contributed by atoms with Gasteiger partial charge in [0.05, 0.1) is 19.8 Å². The summed E-state index contributed by atoms with van der Waals surface area (Å²) < 4.78 is 16.1. The number of nitrogens with zero attached hydrogens (tertiary/aromatic N) is 3. The summed E-state index contributed by atoms with van der Waals surface area (Å²) in [5.74, 6) is 2.53. The van der Waals surface area contributed by atoms with Gasteiger partial charge in [-0.3, -0.25) is 0 Å². The molecule has 2 amide bonds. The average Bonchev–Trinajstić information content (AvgIpc) is 3.47. The van der Waals surface area contributed by atoms with Crippen molar-refractivity contribution in [1.82, 2.24) is 20.4 Å². The zero-order valence-corrected chi connectivity index (χ0v) is 16.8. The van der Waals surface area contributed by atoms with Gasteiger partial charge in [-0.15, -0.1) is 0 Å². The Hall–Kier alpha value is -2.61. The molecule has 0 bridgehead atoms. The van der Waals surface area contributed by atoms with Gasteiger partial charge in [-0.25, -0.2) is 4.79 Å². The van der Waals surface area contributed by atoms with Crippen LogP contribution in [0.25, 0.3) is 0 Å². The van der Waals surface area contributed by atoms with Crippen molar-refractivity contribution >= 4 is 6.03 Å². The highest BCUT2D eigenvalue weighted by Crippen LogP contribution is 2.30. The highest BCUT2D eigenvalue weighted by Gasteiger charge is 2.31. The number of hydrogen-bond acceptors (Lipinski definition) is 6. The van der Waals surface area contributed by atoms with Crippen LogP contribution in [-0.2, 0) is 17.9 Å². The van der Waals surface area contributed by atoms with Gasteiger partial charge in [0.15, 0.2) is 5.82 Å². The van der Waals surface area contributed by atoms with E-state index in [-0.39, 0.29) is 12.1 Å². The summed E-state index contributed by atoms with van der Waals surface area (Å²) in [7, 11) is 1.63. The zero-order chi connectivity index (χ0) is 20.1. The predicted octanol–water partition coefficient (Wildman–Crippen LogP) is 3.44. The third-order valence-electron chi connectivity index (χ3n) is 5.42. The van der Waals surface area contributed by atoms with Gasteiger partial charge in [0, 0.05) is 13.1 Å². The normalized spacial score (nSPS) is 19.2. The number of hydrogen-bond donors (Lipinski definition) is 1. The largest absolute Gasteiger partial charge is 0.497 e. The van der Waals surface area contributed by atoms with Gasteiger partial charge in [0.1, 0.15) is 12.4 Å². The quantitative estimate of drug-likeness (QED) is 0.730. The predicted molar refractivity (Wildman–Crippen MR) is 105 cm³/mol. The Labute approximate surface area is 170 Å². The SMILES string of the molecule is COc1ccc(CNC(=O)N2CCCCC2c2noc(COCC3CC3)n2)cc1. The number of methoxy groups -OCH3 is 1. The minimum atomic E-state index is -0.166. The molecule has 156 valence electrons. The Morgan fingerprint density at radius 1 is 1.24 bits per heavy atom. The molecule has 1 aromatic heterocycles.